The number of benzene rings is 2. The van der Waals surface area contributed by atoms with Gasteiger partial charge in [-0.3, -0.25) is 0 Å². The van der Waals surface area contributed by atoms with Gasteiger partial charge in [0.05, 0.1) is 6.61 Å². The normalized spacial score (nSPS) is 13.8. The van der Waals surface area contributed by atoms with Gasteiger partial charge in [0, 0.05) is 18.8 Å². The lowest BCUT2D eigenvalue weighted by atomic mass is 10.0. The summed E-state index contributed by atoms with van der Waals surface area (Å²) in [5.41, 5.74) is 4.54. The fourth-order valence-electron chi connectivity index (χ4n) is 3.12. The van der Waals surface area contributed by atoms with Crippen LogP contribution in [0.5, 0.6) is 5.75 Å². The lowest BCUT2D eigenvalue weighted by Crippen LogP contribution is -2.36. The Hall–Kier alpha value is -2.49. The maximum absolute atomic E-state index is 12.6. The number of amides is 2. The molecule has 2 aromatic carbocycles. The fraction of sp³-hybridized carbons (Fsp3) is 0.350. The van der Waals surface area contributed by atoms with Crippen LogP contribution in [0, 0.1) is 6.92 Å². The number of carbonyl (C=O) groups is 1. The molecule has 0 aromatic heterocycles. The quantitative estimate of drug-likeness (QED) is 0.926. The molecule has 24 heavy (non-hydrogen) atoms. The van der Waals surface area contributed by atoms with E-state index in [0.29, 0.717) is 6.61 Å². The molecule has 4 heteroatoms. The summed E-state index contributed by atoms with van der Waals surface area (Å²) in [5, 5.41) is 3.01. The molecule has 1 heterocycles. The van der Waals surface area contributed by atoms with Gasteiger partial charge >= 0.3 is 6.03 Å². The third-order valence-corrected chi connectivity index (χ3v) is 4.43. The van der Waals surface area contributed by atoms with Gasteiger partial charge in [0.25, 0.3) is 0 Å². The van der Waals surface area contributed by atoms with Gasteiger partial charge in [0.2, 0.25) is 0 Å². The van der Waals surface area contributed by atoms with E-state index in [-0.39, 0.29) is 6.03 Å². The summed E-state index contributed by atoms with van der Waals surface area (Å²) >= 11 is 0. The molecule has 3 rings (SSSR count). The molecule has 2 aromatic rings. The zero-order valence-electron chi connectivity index (χ0n) is 14.3. The van der Waals surface area contributed by atoms with E-state index in [1.54, 1.807) is 0 Å². The predicted octanol–water partition coefficient (Wildman–Crippen LogP) is 4.03. The minimum Gasteiger partial charge on any atom is -0.494 e. The SMILES string of the molecule is CCOc1ccc(NC(=O)N2CCc3ccccc3CC2)cc1C. The van der Waals surface area contributed by atoms with Gasteiger partial charge < -0.3 is 15.0 Å². The summed E-state index contributed by atoms with van der Waals surface area (Å²) in [6, 6.07) is 14.2. The number of hydrogen-bond acceptors (Lipinski definition) is 2. The molecule has 1 aliphatic rings. The number of aryl methyl sites for hydroxylation is 1. The van der Waals surface area contributed by atoms with Crippen LogP contribution >= 0.6 is 0 Å². The van der Waals surface area contributed by atoms with Crippen LogP contribution in [0.25, 0.3) is 0 Å². The van der Waals surface area contributed by atoms with Crippen LogP contribution in [0.3, 0.4) is 0 Å². The summed E-state index contributed by atoms with van der Waals surface area (Å²) < 4.78 is 5.54. The highest BCUT2D eigenvalue weighted by Crippen LogP contribution is 2.22. The molecule has 4 nitrogen and oxygen atoms in total. The highest BCUT2D eigenvalue weighted by molar-refractivity contribution is 5.89. The first-order valence-corrected chi connectivity index (χ1v) is 8.53. The standard InChI is InChI=1S/C20H24N2O2/c1-3-24-19-9-8-18(14-15(19)2)21-20(23)22-12-10-16-6-4-5-7-17(16)11-13-22/h4-9,14H,3,10-13H2,1-2H3,(H,21,23). The van der Waals surface area contributed by atoms with Crippen molar-refractivity contribution in [2.75, 3.05) is 25.0 Å². The molecule has 0 bridgehead atoms. The molecule has 0 fully saturated rings. The zero-order chi connectivity index (χ0) is 16.9. The zero-order valence-corrected chi connectivity index (χ0v) is 14.3. The summed E-state index contributed by atoms with van der Waals surface area (Å²) in [6.07, 6.45) is 1.82. The van der Waals surface area contributed by atoms with Crippen molar-refractivity contribution in [3.8, 4) is 5.75 Å². The first kappa shape index (κ1) is 16.4. The number of anilines is 1. The number of urea groups is 1. The minimum absolute atomic E-state index is 0.0358. The molecule has 0 saturated carbocycles. The van der Waals surface area contributed by atoms with Gasteiger partial charge in [0.1, 0.15) is 5.75 Å². The molecule has 0 unspecified atom stereocenters. The summed E-state index contributed by atoms with van der Waals surface area (Å²) in [4.78, 5) is 14.5. The van der Waals surface area contributed by atoms with Crippen LogP contribution in [0.1, 0.15) is 23.6 Å². The first-order chi connectivity index (χ1) is 11.7. The number of carbonyl (C=O) groups excluding carboxylic acids is 1. The number of nitrogens with one attached hydrogen (secondary N) is 1. The average molecular weight is 324 g/mol. The molecule has 1 aliphatic heterocycles. The molecule has 2 amide bonds. The van der Waals surface area contributed by atoms with Gasteiger partial charge in [-0.05, 0) is 61.6 Å². The van der Waals surface area contributed by atoms with Crippen molar-refractivity contribution < 1.29 is 9.53 Å². The molecular formula is C20H24N2O2. The maximum Gasteiger partial charge on any atom is 0.321 e. The minimum atomic E-state index is -0.0358. The van der Waals surface area contributed by atoms with Crippen molar-refractivity contribution in [3.63, 3.8) is 0 Å². The molecule has 0 atom stereocenters. The fourth-order valence-corrected chi connectivity index (χ4v) is 3.12. The van der Waals surface area contributed by atoms with Gasteiger partial charge in [0.15, 0.2) is 0 Å². The Bertz CT molecular complexity index is 700. The van der Waals surface area contributed by atoms with Crippen molar-refractivity contribution >= 4 is 11.7 Å². The van der Waals surface area contributed by atoms with Crippen molar-refractivity contribution in [1.29, 1.82) is 0 Å². The number of nitrogens with zero attached hydrogens (tertiary/aromatic N) is 1. The Morgan fingerprint density at radius 3 is 2.38 bits per heavy atom. The molecule has 126 valence electrons. The molecule has 0 radical (unpaired) electrons. The van der Waals surface area contributed by atoms with Gasteiger partial charge in [-0.1, -0.05) is 24.3 Å². The summed E-state index contributed by atoms with van der Waals surface area (Å²) in [5.74, 6) is 0.862. The lowest BCUT2D eigenvalue weighted by molar-refractivity contribution is 0.214. The topological polar surface area (TPSA) is 41.6 Å². The second-order valence-electron chi connectivity index (χ2n) is 6.10. The molecule has 0 spiro atoms. The Morgan fingerprint density at radius 1 is 1.12 bits per heavy atom. The van der Waals surface area contributed by atoms with Crippen LogP contribution in [0.4, 0.5) is 10.5 Å². The third kappa shape index (κ3) is 3.70. The second kappa shape index (κ2) is 7.39. The van der Waals surface area contributed by atoms with E-state index in [1.165, 1.54) is 11.1 Å². The highest BCUT2D eigenvalue weighted by atomic mass is 16.5. The van der Waals surface area contributed by atoms with Crippen molar-refractivity contribution in [2.24, 2.45) is 0 Å². The van der Waals surface area contributed by atoms with Gasteiger partial charge in [-0.2, -0.15) is 0 Å². The van der Waals surface area contributed by atoms with Crippen molar-refractivity contribution in [1.82, 2.24) is 4.90 Å². The number of rotatable bonds is 3. The summed E-state index contributed by atoms with van der Waals surface area (Å²) in [7, 11) is 0. The van der Waals surface area contributed by atoms with Gasteiger partial charge in [-0.15, -0.1) is 0 Å². The van der Waals surface area contributed by atoms with Gasteiger partial charge in [-0.25, -0.2) is 4.79 Å². The summed E-state index contributed by atoms with van der Waals surface area (Å²) in [6.45, 7) is 6.09. The Morgan fingerprint density at radius 2 is 1.79 bits per heavy atom. The Balaban J connectivity index is 1.64. The van der Waals surface area contributed by atoms with Crippen LogP contribution in [-0.4, -0.2) is 30.6 Å². The van der Waals surface area contributed by atoms with E-state index >= 15 is 0 Å². The smallest absolute Gasteiger partial charge is 0.321 e. The Labute approximate surface area is 143 Å². The second-order valence-corrected chi connectivity index (χ2v) is 6.10. The Kier molecular flexibility index (Phi) is 5.04. The van der Waals surface area contributed by atoms with E-state index in [9.17, 15) is 4.79 Å². The lowest BCUT2D eigenvalue weighted by Gasteiger charge is -2.21. The van der Waals surface area contributed by atoms with Crippen LogP contribution < -0.4 is 10.1 Å². The van der Waals surface area contributed by atoms with E-state index < -0.39 is 0 Å². The number of ether oxygens (including phenoxy) is 1. The molecule has 1 N–H and O–H groups in total. The van der Waals surface area contributed by atoms with E-state index in [0.717, 1.165) is 42.9 Å². The number of hydrogen-bond donors (Lipinski definition) is 1. The monoisotopic (exact) mass is 324 g/mol. The van der Waals surface area contributed by atoms with Crippen LogP contribution in [0.2, 0.25) is 0 Å². The molecule has 0 aliphatic carbocycles. The average Bonchev–Trinajstić information content (AvgIpc) is 2.80. The number of fused-ring (bicyclic) bond motifs is 1. The van der Waals surface area contributed by atoms with E-state index in [1.807, 2.05) is 36.9 Å². The van der Waals surface area contributed by atoms with Crippen LogP contribution in [0.15, 0.2) is 42.5 Å². The predicted molar refractivity (Wildman–Crippen MR) is 96.8 cm³/mol. The van der Waals surface area contributed by atoms with E-state index in [4.69, 9.17) is 4.74 Å². The van der Waals surface area contributed by atoms with Crippen molar-refractivity contribution in [2.45, 2.75) is 26.7 Å². The third-order valence-electron chi connectivity index (χ3n) is 4.43. The molecule has 0 saturated heterocycles. The van der Waals surface area contributed by atoms with E-state index in [2.05, 4.69) is 29.6 Å². The first-order valence-electron chi connectivity index (χ1n) is 8.53. The maximum atomic E-state index is 12.6. The molecular weight excluding hydrogens is 300 g/mol. The van der Waals surface area contributed by atoms with Crippen LogP contribution in [-0.2, 0) is 12.8 Å². The van der Waals surface area contributed by atoms with Crippen molar-refractivity contribution in [3.05, 3.63) is 59.2 Å². The highest BCUT2D eigenvalue weighted by Gasteiger charge is 2.18. The largest absolute Gasteiger partial charge is 0.494 e.